The molecule has 1 aliphatic carbocycles. The zero-order chi connectivity index (χ0) is 14.7. The molecule has 0 saturated heterocycles. The van der Waals surface area contributed by atoms with Crippen molar-refractivity contribution in [2.75, 3.05) is 12.4 Å². The number of thiophene rings is 1. The quantitative estimate of drug-likeness (QED) is 0.896. The Morgan fingerprint density at radius 2 is 2.25 bits per heavy atom. The van der Waals surface area contributed by atoms with Gasteiger partial charge < -0.3 is 10.5 Å². The Balaban J connectivity index is 2.31. The van der Waals surface area contributed by atoms with E-state index in [2.05, 4.69) is 17.0 Å². The van der Waals surface area contributed by atoms with Gasteiger partial charge in [0.25, 0.3) is 5.91 Å². The maximum Gasteiger partial charge on any atom is 0.411 e. The van der Waals surface area contributed by atoms with Crippen LogP contribution in [0.1, 0.15) is 47.0 Å². The zero-order valence-corrected chi connectivity index (χ0v) is 12.6. The monoisotopic (exact) mass is 296 g/mol. The molecule has 1 aromatic rings. The first-order valence-electron chi connectivity index (χ1n) is 6.86. The van der Waals surface area contributed by atoms with Crippen LogP contribution in [0.3, 0.4) is 0 Å². The molecule has 0 saturated carbocycles. The highest BCUT2D eigenvalue weighted by atomic mass is 32.1. The van der Waals surface area contributed by atoms with Crippen LogP contribution in [0.4, 0.5) is 9.80 Å². The van der Waals surface area contributed by atoms with Crippen molar-refractivity contribution < 1.29 is 14.3 Å². The molecular weight excluding hydrogens is 276 g/mol. The number of primary amides is 1. The van der Waals surface area contributed by atoms with Gasteiger partial charge >= 0.3 is 6.09 Å². The molecule has 0 fully saturated rings. The van der Waals surface area contributed by atoms with E-state index < -0.39 is 12.0 Å². The zero-order valence-electron chi connectivity index (χ0n) is 11.8. The largest absolute Gasteiger partial charge is 0.453 e. The van der Waals surface area contributed by atoms with Crippen molar-refractivity contribution in [3.05, 3.63) is 16.0 Å². The third kappa shape index (κ3) is 2.95. The van der Waals surface area contributed by atoms with Crippen LogP contribution < -0.4 is 11.1 Å². The summed E-state index contributed by atoms with van der Waals surface area (Å²) in [4.78, 5) is 24.2. The number of nitrogens with two attached hydrogens (primary N) is 1. The fourth-order valence-corrected chi connectivity index (χ4v) is 4.15. The number of fused-ring (bicyclic) bond motifs is 1. The molecule has 1 aliphatic rings. The van der Waals surface area contributed by atoms with Gasteiger partial charge in [-0.05, 0) is 30.7 Å². The number of carbonyl (C=O) groups is 2. The number of rotatable bonds is 4. The van der Waals surface area contributed by atoms with E-state index in [1.807, 2.05) is 0 Å². The molecule has 0 aromatic carbocycles. The van der Waals surface area contributed by atoms with Crippen LogP contribution in [-0.2, 0) is 17.6 Å². The molecule has 1 aromatic heterocycles. The number of ether oxygens (including phenoxy) is 1. The van der Waals surface area contributed by atoms with Gasteiger partial charge in [0.05, 0.1) is 12.7 Å². The standard InChI is InChI=1S/C14H20N2O3S/c1-3-4-8-5-6-9-10(7-8)20-13(11(9)12(15)17)16-14(18)19-2/h8H,3-7H2,1-2H3,(H2,15,17)(H,16,18). The first kappa shape index (κ1) is 14.8. The molecular formula is C14H20N2O3S. The highest BCUT2D eigenvalue weighted by molar-refractivity contribution is 7.17. The van der Waals surface area contributed by atoms with E-state index in [0.29, 0.717) is 16.5 Å². The third-order valence-electron chi connectivity index (χ3n) is 3.71. The number of methoxy groups -OCH3 is 1. The molecule has 2 rings (SSSR count). The van der Waals surface area contributed by atoms with Crippen LogP contribution in [-0.4, -0.2) is 19.1 Å². The Bertz CT molecular complexity index is 525. The third-order valence-corrected chi connectivity index (χ3v) is 4.88. The highest BCUT2D eigenvalue weighted by Crippen LogP contribution is 2.40. The van der Waals surface area contributed by atoms with Crippen LogP contribution in [0, 0.1) is 5.92 Å². The maximum atomic E-state index is 11.7. The second kappa shape index (κ2) is 6.26. The molecule has 1 heterocycles. The second-order valence-electron chi connectivity index (χ2n) is 5.09. The Kier molecular flexibility index (Phi) is 4.65. The van der Waals surface area contributed by atoms with Gasteiger partial charge in [0.15, 0.2) is 0 Å². The first-order chi connectivity index (χ1) is 9.56. The average molecular weight is 296 g/mol. The van der Waals surface area contributed by atoms with Gasteiger partial charge in [0, 0.05) is 4.88 Å². The number of hydrogen-bond acceptors (Lipinski definition) is 4. The van der Waals surface area contributed by atoms with Gasteiger partial charge in [-0.2, -0.15) is 0 Å². The van der Waals surface area contributed by atoms with Crippen LogP contribution in [0.25, 0.3) is 0 Å². The van der Waals surface area contributed by atoms with Crippen molar-refractivity contribution in [2.45, 2.75) is 39.0 Å². The van der Waals surface area contributed by atoms with Gasteiger partial charge in [0.2, 0.25) is 0 Å². The van der Waals surface area contributed by atoms with Crippen molar-refractivity contribution >= 4 is 28.3 Å². The Morgan fingerprint density at radius 1 is 1.50 bits per heavy atom. The number of anilines is 1. The van der Waals surface area contributed by atoms with E-state index in [-0.39, 0.29) is 0 Å². The molecule has 3 N–H and O–H groups in total. The van der Waals surface area contributed by atoms with Crippen molar-refractivity contribution in [1.82, 2.24) is 0 Å². The van der Waals surface area contributed by atoms with E-state index in [4.69, 9.17) is 5.73 Å². The van der Waals surface area contributed by atoms with Crippen molar-refractivity contribution in [1.29, 1.82) is 0 Å². The minimum atomic E-state index is -0.573. The summed E-state index contributed by atoms with van der Waals surface area (Å²) in [5.41, 5.74) is 6.95. The Hall–Kier alpha value is -1.56. The van der Waals surface area contributed by atoms with E-state index >= 15 is 0 Å². The van der Waals surface area contributed by atoms with E-state index in [0.717, 1.165) is 24.8 Å². The topological polar surface area (TPSA) is 81.4 Å². The number of nitrogens with one attached hydrogen (secondary N) is 1. The summed E-state index contributed by atoms with van der Waals surface area (Å²) in [7, 11) is 1.30. The maximum absolute atomic E-state index is 11.7. The lowest BCUT2D eigenvalue weighted by atomic mass is 9.84. The van der Waals surface area contributed by atoms with E-state index in [9.17, 15) is 9.59 Å². The van der Waals surface area contributed by atoms with Crippen LogP contribution in [0.2, 0.25) is 0 Å². The molecule has 5 nitrogen and oxygen atoms in total. The fourth-order valence-electron chi connectivity index (χ4n) is 2.80. The normalized spacial score (nSPS) is 17.4. The summed E-state index contributed by atoms with van der Waals surface area (Å²) in [5.74, 6) is 0.181. The summed E-state index contributed by atoms with van der Waals surface area (Å²) < 4.78 is 4.59. The second-order valence-corrected chi connectivity index (χ2v) is 6.19. The molecule has 110 valence electrons. The molecule has 1 atom stereocenters. The van der Waals surface area contributed by atoms with Crippen molar-refractivity contribution in [2.24, 2.45) is 11.7 Å². The Morgan fingerprint density at radius 3 is 2.85 bits per heavy atom. The van der Waals surface area contributed by atoms with Gasteiger partial charge in [-0.15, -0.1) is 11.3 Å². The SMILES string of the molecule is CCCC1CCc2c(sc(NC(=O)OC)c2C(N)=O)C1. The van der Waals surface area contributed by atoms with Crippen molar-refractivity contribution in [3.63, 3.8) is 0 Å². The van der Waals surface area contributed by atoms with Gasteiger partial charge in [-0.25, -0.2) is 4.79 Å². The minimum absolute atomic E-state index is 0.463. The molecule has 2 amide bonds. The van der Waals surface area contributed by atoms with Crippen LogP contribution >= 0.6 is 11.3 Å². The summed E-state index contributed by atoms with van der Waals surface area (Å²) in [6.07, 6.45) is 4.70. The average Bonchev–Trinajstić information content (AvgIpc) is 2.76. The molecule has 0 bridgehead atoms. The predicted octanol–water partition coefficient (Wildman–Crippen LogP) is 2.93. The first-order valence-corrected chi connectivity index (χ1v) is 7.67. The lowest BCUT2D eigenvalue weighted by molar-refractivity contribution is 0.1000. The lowest BCUT2D eigenvalue weighted by Gasteiger charge is -2.21. The highest BCUT2D eigenvalue weighted by Gasteiger charge is 2.28. The fraction of sp³-hybridized carbons (Fsp3) is 0.571. The minimum Gasteiger partial charge on any atom is -0.453 e. The summed E-state index contributed by atoms with van der Waals surface area (Å²) >= 11 is 1.45. The molecule has 0 aliphatic heterocycles. The van der Waals surface area contributed by atoms with Gasteiger partial charge in [-0.3, -0.25) is 10.1 Å². The van der Waals surface area contributed by atoms with E-state index in [1.165, 1.54) is 36.2 Å². The lowest BCUT2D eigenvalue weighted by Crippen LogP contribution is -2.19. The van der Waals surface area contributed by atoms with Gasteiger partial charge in [-0.1, -0.05) is 19.8 Å². The number of amides is 2. The summed E-state index contributed by atoms with van der Waals surface area (Å²) in [5, 5.41) is 3.12. The number of carbonyl (C=O) groups excluding carboxylic acids is 2. The summed E-state index contributed by atoms with van der Waals surface area (Å²) in [6, 6.07) is 0. The van der Waals surface area contributed by atoms with Crippen LogP contribution in [0.15, 0.2) is 0 Å². The predicted molar refractivity (Wildman–Crippen MR) is 79.3 cm³/mol. The molecule has 0 radical (unpaired) electrons. The van der Waals surface area contributed by atoms with Crippen LogP contribution in [0.5, 0.6) is 0 Å². The van der Waals surface area contributed by atoms with Gasteiger partial charge in [0.1, 0.15) is 5.00 Å². The number of hydrogen-bond donors (Lipinski definition) is 2. The van der Waals surface area contributed by atoms with Crippen molar-refractivity contribution in [3.8, 4) is 0 Å². The smallest absolute Gasteiger partial charge is 0.411 e. The summed E-state index contributed by atoms with van der Waals surface area (Å²) in [6.45, 7) is 2.18. The molecule has 1 unspecified atom stereocenters. The molecule has 6 heteroatoms. The molecule has 0 spiro atoms. The molecule has 20 heavy (non-hydrogen) atoms. The Labute approximate surface area is 122 Å². The van der Waals surface area contributed by atoms with E-state index in [1.54, 1.807) is 0 Å².